The second-order valence-corrected chi connectivity index (χ2v) is 1.89. The van der Waals surface area contributed by atoms with Gasteiger partial charge in [-0.2, -0.15) is 0 Å². The maximum absolute atomic E-state index is 8.63. The van der Waals surface area contributed by atoms with Crippen LogP contribution in [0.25, 0.3) is 0 Å². The van der Waals surface area contributed by atoms with Crippen molar-refractivity contribution in [1.82, 2.24) is 0 Å². The number of phenols is 1. The van der Waals surface area contributed by atoms with Crippen molar-refractivity contribution in [2.24, 2.45) is 0 Å². The lowest BCUT2D eigenvalue weighted by atomic mass is 10.3. The Labute approximate surface area is 70.6 Å². The average molecular weight is 172 g/mol. The second kappa shape index (κ2) is 8.00. The highest BCUT2D eigenvalue weighted by atomic mass is 17.1. The molecule has 4 nitrogen and oxygen atoms in total. The molecule has 0 aromatic heterocycles. The minimum absolute atomic E-state index is 0. The Morgan fingerprint density at radius 2 is 1.75 bits per heavy atom. The van der Waals surface area contributed by atoms with Gasteiger partial charge in [0.15, 0.2) is 0 Å². The Morgan fingerprint density at radius 3 is 1.92 bits per heavy atom. The van der Waals surface area contributed by atoms with Gasteiger partial charge in [-0.3, -0.25) is 5.26 Å². The average Bonchev–Trinajstić information content (AvgIpc) is 2.08. The van der Waals surface area contributed by atoms with E-state index in [9.17, 15) is 0 Å². The summed E-state index contributed by atoms with van der Waals surface area (Å²) in [6.45, 7) is -0.128. The third-order valence-corrected chi connectivity index (χ3v) is 0.939. The van der Waals surface area contributed by atoms with E-state index >= 15 is 0 Å². The topological polar surface area (TPSA) is 69.9 Å². The van der Waals surface area contributed by atoms with Gasteiger partial charge in [-0.05, 0) is 12.1 Å². The fourth-order valence-corrected chi connectivity index (χ4v) is 0.469. The van der Waals surface area contributed by atoms with Crippen molar-refractivity contribution in [1.29, 1.82) is 0 Å². The number of aliphatic hydroxyl groups excluding tert-OH is 1. The van der Waals surface area contributed by atoms with E-state index in [0.29, 0.717) is 5.75 Å². The minimum atomic E-state index is -0.128. The van der Waals surface area contributed by atoms with Gasteiger partial charge in [0.1, 0.15) is 12.4 Å². The predicted octanol–water partition coefficient (Wildman–Crippen LogP) is 0.860. The highest BCUT2D eigenvalue weighted by Gasteiger charge is 1.74. The monoisotopic (exact) mass is 172 g/mol. The van der Waals surface area contributed by atoms with Crippen LogP contribution in [0.5, 0.6) is 5.75 Å². The van der Waals surface area contributed by atoms with Gasteiger partial charge >= 0.3 is 0 Å². The molecule has 0 saturated carbocycles. The number of hydrogen-bond acceptors (Lipinski definition) is 4. The molecule has 68 valence electrons. The van der Waals surface area contributed by atoms with Gasteiger partial charge in [-0.1, -0.05) is 18.2 Å². The quantitative estimate of drug-likeness (QED) is 0.457. The molecule has 3 N–H and O–H groups in total. The summed E-state index contributed by atoms with van der Waals surface area (Å²) >= 11 is 0. The lowest BCUT2D eigenvalue weighted by molar-refractivity contribution is -0.246. The summed E-state index contributed by atoms with van der Waals surface area (Å²) in [4.78, 5) is 3.44. The predicted molar refractivity (Wildman–Crippen MR) is 43.8 cm³/mol. The van der Waals surface area contributed by atoms with Crippen LogP contribution in [0.3, 0.4) is 0 Å². The van der Waals surface area contributed by atoms with E-state index in [1.165, 1.54) is 0 Å². The first-order valence-electron chi connectivity index (χ1n) is 3.42. The van der Waals surface area contributed by atoms with E-state index < -0.39 is 0 Å². The molecule has 0 bridgehead atoms. The van der Waals surface area contributed by atoms with Crippen molar-refractivity contribution in [3.05, 3.63) is 30.3 Å². The van der Waals surface area contributed by atoms with Crippen LogP contribution in [0, 0.1) is 0 Å². The highest BCUT2D eigenvalue weighted by Crippen LogP contribution is 2.02. The molecule has 0 amide bonds. The van der Waals surface area contributed by atoms with E-state index in [1.807, 2.05) is 6.07 Å². The van der Waals surface area contributed by atoms with Gasteiger partial charge in [-0.15, -0.1) is 0 Å². The van der Waals surface area contributed by atoms with E-state index in [0.717, 1.165) is 0 Å². The Hall–Kier alpha value is -1.10. The van der Waals surface area contributed by atoms with Crippen LogP contribution in [-0.4, -0.2) is 28.7 Å². The van der Waals surface area contributed by atoms with Gasteiger partial charge < -0.3 is 10.2 Å². The van der Waals surface area contributed by atoms with Crippen LogP contribution < -0.4 is 0 Å². The molecular weight excluding hydrogens is 160 g/mol. The molecule has 0 radical (unpaired) electrons. The molecular formula is C8H12O4. The minimum Gasteiger partial charge on any atom is -0.508 e. The molecule has 0 saturated heterocycles. The van der Waals surface area contributed by atoms with Gasteiger partial charge in [0.2, 0.25) is 0 Å². The van der Waals surface area contributed by atoms with Crippen molar-refractivity contribution < 1.29 is 20.4 Å². The summed E-state index contributed by atoms with van der Waals surface area (Å²) in [7, 11) is 0. The molecule has 0 heterocycles. The van der Waals surface area contributed by atoms with Gasteiger partial charge in [-0.25, -0.2) is 4.89 Å². The smallest absolute Gasteiger partial charge is 0.115 e. The number of rotatable bonds is 2. The molecule has 1 rings (SSSR count). The number of aliphatic hydroxyl groups is 1. The van der Waals surface area contributed by atoms with Crippen LogP contribution in [-0.2, 0) is 4.89 Å². The fraction of sp³-hybridized carbons (Fsp3) is 0.250. The van der Waals surface area contributed by atoms with E-state index in [1.54, 1.807) is 24.3 Å². The zero-order chi connectivity index (χ0) is 9.23. The van der Waals surface area contributed by atoms with Crippen LogP contribution in [0.2, 0.25) is 0 Å². The summed E-state index contributed by atoms with van der Waals surface area (Å²) in [6.07, 6.45) is 0. The third-order valence-electron chi connectivity index (χ3n) is 0.939. The summed E-state index contributed by atoms with van der Waals surface area (Å²) < 4.78 is 0. The van der Waals surface area contributed by atoms with Crippen molar-refractivity contribution in [3.8, 4) is 5.75 Å². The lowest BCUT2D eigenvalue weighted by Gasteiger charge is -1.82. The maximum Gasteiger partial charge on any atom is 0.115 e. The molecule has 1 aromatic rings. The number of phenolic OH excluding ortho intramolecular Hbond substituents is 1. The maximum atomic E-state index is 8.63. The molecule has 0 unspecified atom stereocenters. The Kier molecular flexibility index (Phi) is 7.27. The molecule has 0 aliphatic rings. The molecule has 0 aliphatic heterocycles. The fourth-order valence-electron chi connectivity index (χ4n) is 0.469. The number of hydrogen-bond donors (Lipinski definition) is 3. The van der Waals surface area contributed by atoms with Crippen molar-refractivity contribution in [2.75, 3.05) is 13.2 Å². The van der Waals surface area contributed by atoms with Gasteiger partial charge in [0, 0.05) is 0 Å². The van der Waals surface area contributed by atoms with Crippen LogP contribution in [0.4, 0.5) is 0 Å². The highest BCUT2D eigenvalue weighted by molar-refractivity contribution is 5.18. The first-order chi connectivity index (χ1) is 5.81. The molecule has 0 spiro atoms. The zero-order valence-corrected chi connectivity index (χ0v) is 6.55. The molecule has 0 atom stereocenters. The summed E-state index contributed by atoms with van der Waals surface area (Å²) in [6, 6.07) is 8.71. The number of para-hydroxylation sites is 1. The number of benzene rings is 1. The Balaban J connectivity index is 0.000000217. The summed E-state index contributed by atoms with van der Waals surface area (Å²) in [5, 5.41) is 23.8. The van der Waals surface area contributed by atoms with E-state index in [-0.39, 0.29) is 13.2 Å². The Morgan fingerprint density at radius 1 is 1.17 bits per heavy atom. The Bertz CT molecular complexity index is 174. The van der Waals surface area contributed by atoms with Crippen molar-refractivity contribution in [3.63, 3.8) is 0 Å². The van der Waals surface area contributed by atoms with E-state index in [4.69, 9.17) is 15.5 Å². The standard InChI is InChI=1S/C6H6O.C2H6O3/c7-6-4-2-1-3-5-6;3-1-2-5-4/h1-5,7H;3-4H,1-2H2. The normalized spacial score (nSPS) is 8.50. The van der Waals surface area contributed by atoms with Crippen LogP contribution in [0.15, 0.2) is 30.3 Å². The van der Waals surface area contributed by atoms with E-state index in [2.05, 4.69) is 4.89 Å². The number of aromatic hydroxyl groups is 1. The van der Waals surface area contributed by atoms with Crippen molar-refractivity contribution in [2.45, 2.75) is 0 Å². The first-order valence-corrected chi connectivity index (χ1v) is 3.42. The molecule has 0 fully saturated rings. The largest absolute Gasteiger partial charge is 0.508 e. The summed E-state index contributed by atoms with van der Waals surface area (Å²) in [5.41, 5.74) is 0. The van der Waals surface area contributed by atoms with Gasteiger partial charge in [0.05, 0.1) is 6.61 Å². The molecule has 4 heteroatoms. The third kappa shape index (κ3) is 7.01. The molecule has 1 aromatic carbocycles. The van der Waals surface area contributed by atoms with Crippen molar-refractivity contribution >= 4 is 0 Å². The molecule has 0 aliphatic carbocycles. The summed E-state index contributed by atoms with van der Waals surface area (Å²) in [5.74, 6) is 0.322. The SMILES string of the molecule is OCCOO.Oc1ccccc1. The lowest BCUT2D eigenvalue weighted by Crippen LogP contribution is -1.92. The molecule has 12 heavy (non-hydrogen) atoms. The van der Waals surface area contributed by atoms with Gasteiger partial charge in [0.25, 0.3) is 0 Å². The van der Waals surface area contributed by atoms with Crippen LogP contribution >= 0.6 is 0 Å². The second-order valence-electron chi connectivity index (χ2n) is 1.89. The first kappa shape index (κ1) is 10.9. The van der Waals surface area contributed by atoms with Crippen LogP contribution in [0.1, 0.15) is 0 Å². The zero-order valence-electron chi connectivity index (χ0n) is 6.55.